The van der Waals surface area contributed by atoms with Crippen molar-refractivity contribution >= 4 is 22.4 Å². The molecule has 0 aliphatic rings. The molecule has 0 aliphatic carbocycles. The van der Waals surface area contributed by atoms with Gasteiger partial charge < -0.3 is 19.9 Å². The molecule has 0 radical (unpaired) electrons. The van der Waals surface area contributed by atoms with Gasteiger partial charge in [0.05, 0.1) is 7.11 Å². The molecule has 0 spiro atoms. The zero-order valence-corrected chi connectivity index (χ0v) is 10.7. The first-order valence-corrected chi connectivity index (χ1v) is 5.75. The number of hydrogen-bond donors (Lipinski definition) is 2. The lowest BCUT2D eigenvalue weighted by Crippen LogP contribution is -2.30. The first-order valence-electron chi connectivity index (χ1n) is 5.75. The molecule has 0 saturated heterocycles. The number of aliphatic carboxylic acids is 1. The number of rotatable bonds is 5. The van der Waals surface area contributed by atoms with E-state index in [-0.39, 0.29) is 0 Å². The number of benzene rings is 2. The molecular formula is C14H15NO4. The van der Waals surface area contributed by atoms with Crippen molar-refractivity contribution in [3.8, 4) is 5.75 Å². The van der Waals surface area contributed by atoms with Gasteiger partial charge in [-0.25, -0.2) is 4.79 Å². The van der Waals surface area contributed by atoms with E-state index in [2.05, 4.69) is 5.32 Å². The van der Waals surface area contributed by atoms with Gasteiger partial charge in [-0.2, -0.15) is 0 Å². The van der Waals surface area contributed by atoms with Gasteiger partial charge in [-0.05, 0) is 12.1 Å². The Morgan fingerprint density at radius 2 is 1.84 bits per heavy atom. The predicted octanol–water partition coefficient (Wildman–Crippen LogP) is 2.32. The minimum atomic E-state index is -1.09. The van der Waals surface area contributed by atoms with Gasteiger partial charge in [-0.1, -0.05) is 24.3 Å². The number of methoxy groups -OCH3 is 2. The van der Waals surface area contributed by atoms with E-state index in [0.717, 1.165) is 16.5 Å². The molecule has 0 aromatic heterocycles. The lowest BCUT2D eigenvalue weighted by molar-refractivity contribution is -0.146. The smallest absolute Gasteiger partial charge is 0.353 e. The van der Waals surface area contributed by atoms with Crippen LogP contribution in [-0.4, -0.2) is 31.5 Å². The van der Waals surface area contributed by atoms with Crippen LogP contribution in [0, 0.1) is 0 Å². The molecule has 2 aromatic carbocycles. The molecule has 2 aromatic rings. The van der Waals surface area contributed by atoms with Crippen LogP contribution in [0.1, 0.15) is 0 Å². The van der Waals surface area contributed by atoms with Crippen molar-refractivity contribution in [1.82, 2.24) is 0 Å². The molecule has 2 rings (SSSR count). The zero-order chi connectivity index (χ0) is 13.8. The van der Waals surface area contributed by atoms with Crippen LogP contribution in [0.2, 0.25) is 0 Å². The van der Waals surface area contributed by atoms with Crippen LogP contribution in [0.4, 0.5) is 5.69 Å². The molecule has 0 unspecified atom stereocenters. The number of hydrogen-bond acceptors (Lipinski definition) is 4. The Balaban J connectivity index is 2.47. The van der Waals surface area contributed by atoms with E-state index in [1.54, 1.807) is 19.2 Å². The van der Waals surface area contributed by atoms with Gasteiger partial charge >= 0.3 is 5.97 Å². The van der Waals surface area contributed by atoms with Crippen molar-refractivity contribution < 1.29 is 19.4 Å². The zero-order valence-electron chi connectivity index (χ0n) is 10.7. The number of carboxylic acid groups (broad SMARTS) is 1. The highest BCUT2D eigenvalue weighted by atomic mass is 16.5. The molecule has 5 nitrogen and oxygen atoms in total. The van der Waals surface area contributed by atoms with Crippen molar-refractivity contribution in [2.24, 2.45) is 0 Å². The van der Waals surface area contributed by atoms with Gasteiger partial charge in [0.25, 0.3) is 0 Å². The van der Waals surface area contributed by atoms with E-state index >= 15 is 0 Å². The topological polar surface area (TPSA) is 67.8 Å². The third kappa shape index (κ3) is 2.61. The molecule has 1 atom stereocenters. The summed E-state index contributed by atoms with van der Waals surface area (Å²) in [7, 11) is 2.95. The fraction of sp³-hybridized carbons (Fsp3) is 0.214. The molecule has 100 valence electrons. The summed E-state index contributed by atoms with van der Waals surface area (Å²) in [5, 5.41) is 13.6. The Labute approximate surface area is 110 Å². The summed E-state index contributed by atoms with van der Waals surface area (Å²) < 4.78 is 10.2. The Morgan fingerprint density at radius 1 is 1.16 bits per heavy atom. The molecule has 19 heavy (non-hydrogen) atoms. The van der Waals surface area contributed by atoms with Crippen LogP contribution in [0.25, 0.3) is 10.8 Å². The second-order valence-corrected chi connectivity index (χ2v) is 3.96. The molecule has 0 fully saturated rings. The average Bonchev–Trinajstić information content (AvgIpc) is 2.44. The summed E-state index contributed by atoms with van der Waals surface area (Å²) in [5.74, 6) is -0.326. The first kappa shape index (κ1) is 13.2. The molecule has 0 bridgehead atoms. The van der Waals surface area contributed by atoms with E-state index in [4.69, 9.17) is 14.6 Å². The minimum absolute atomic E-state index is 0.686. The quantitative estimate of drug-likeness (QED) is 0.808. The summed E-state index contributed by atoms with van der Waals surface area (Å²) >= 11 is 0. The van der Waals surface area contributed by atoms with Crippen LogP contribution < -0.4 is 10.1 Å². The first-order chi connectivity index (χ1) is 9.17. The molecule has 2 N–H and O–H groups in total. The third-order valence-electron chi connectivity index (χ3n) is 2.85. The van der Waals surface area contributed by atoms with Gasteiger partial charge in [-0.15, -0.1) is 0 Å². The standard InChI is InChI=1S/C14H15NO4/c1-18-12-8-7-11(15-13(19-2)14(16)17)9-5-3-4-6-10(9)12/h3-8,13,15H,1-2H3,(H,16,17)/t13-/m0/s1. The Hall–Kier alpha value is -2.27. The number of anilines is 1. The van der Waals surface area contributed by atoms with Crippen LogP contribution in [-0.2, 0) is 9.53 Å². The van der Waals surface area contributed by atoms with Crippen molar-refractivity contribution in [2.45, 2.75) is 6.23 Å². The van der Waals surface area contributed by atoms with Crippen LogP contribution >= 0.6 is 0 Å². The summed E-state index contributed by atoms with van der Waals surface area (Å²) in [6, 6.07) is 11.2. The van der Waals surface area contributed by atoms with E-state index in [0.29, 0.717) is 5.69 Å². The maximum absolute atomic E-state index is 11.0. The number of carbonyl (C=O) groups is 1. The largest absolute Gasteiger partial charge is 0.496 e. The van der Waals surface area contributed by atoms with E-state index in [9.17, 15) is 4.79 Å². The number of nitrogens with one attached hydrogen (secondary N) is 1. The Bertz CT molecular complexity index is 597. The Kier molecular flexibility index (Phi) is 3.87. The van der Waals surface area contributed by atoms with Crippen molar-refractivity contribution in [2.75, 3.05) is 19.5 Å². The number of fused-ring (bicyclic) bond motifs is 1. The van der Waals surface area contributed by atoms with E-state index < -0.39 is 12.2 Å². The van der Waals surface area contributed by atoms with Gasteiger partial charge in [0.15, 0.2) is 0 Å². The summed E-state index contributed by atoms with van der Waals surface area (Å²) in [6.45, 7) is 0. The molecule has 5 heteroatoms. The lowest BCUT2D eigenvalue weighted by atomic mass is 10.1. The minimum Gasteiger partial charge on any atom is -0.496 e. The summed E-state index contributed by atoms with van der Waals surface area (Å²) in [6.07, 6.45) is -1.09. The number of ether oxygens (including phenoxy) is 2. The van der Waals surface area contributed by atoms with E-state index in [1.807, 2.05) is 24.3 Å². The maximum atomic E-state index is 11.0. The molecule has 0 saturated carbocycles. The van der Waals surface area contributed by atoms with Crippen LogP contribution in [0.5, 0.6) is 5.75 Å². The Morgan fingerprint density at radius 3 is 2.42 bits per heavy atom. The lowest BCUT2D eigenvalue weighted by Gasteiger charge is -2.16. The predicted molar refractivity (Wildman–Crippen MR) is 72.6 cm³/mol. The van der Waals surface area contributed by atoms with Crippen molar-refractivity contribution in [3.63, 3.8) is 0 Å². The normalized spacial score (nSPS) is 12.1. The van der Waals surface area contributed by atoms with Crippen molar-refractivity contribution in [1.29, 1.82) is 0 Å². The van der Waals surface area contributed by atoms with Crippen molar-refractivity contribution in [3.05, 3.63) is 36.4 Å². The summed E-state index contributed by atoms with van der Waals surface area (Å²) in [4.78, 5) is 11.0. The summed E-state index contributed by atoms with van der Waals surface area (Å²) in [5.41, 5.74) is 0.686. The highest BCUT2D eigenvalue weighted by Crippen LogP contribution is 2.31. The van der Waals surface area contributed by atoms with Gasteiger partial charge in [-0.3, -0.25) is 0 Å². The SMILES string of the molecule is COc1ccc(N[C@@H](OC)C(=O)O)c2ccccc12. The van der Waals surface area contributed by atoms with Crippen LogP contribution in [0.15, 0.2) is 36.4 Å². The van der Waals surface area contributed by atoms with Crippen LogP contribution in [0.3, 0.4) is 0 Å². The fourth-order valence-electron chi connectivity index (χ4n) is 1.94. The maximum Gasteiger partial charge on any atom is 0.353 e. The molecule has 0 amide bonds. The monoisotopic (exact) mass is 261 g/mol. The molecule has 0 aliphatic heterocycles. The van der Waals surface area contributed by atoms with Gasteiger partial charge in [0, 0.05) is 23.6 Å². The van der Waals surface area contributed by atoms with Gasteiger partial charge in [0.2, 0.25) is 6.23 Å². The fourth-order valence-corrected chi connectivity index (χ4v) is 1.94. The number of carboxylic acids is 1. The highest BCUT2D eigenvalue weighted by Gasteiger charge is 2.17. The second kappa shape index (κ2) is 5.58. The second-order valence-electron chi connectivity index (χ2n) is 3.96. The van der Waals surface area contributed by atoms with E-state index in [1.165, 1.54) is 7.11 Å². The third-order valence-corrected chi connectivity index (χ3v) is 2.85. The average molecular weight is 261 g/mol. The van der Waals surface area contributed by atoms with Gasteiger partial charge in [0.1, 0.15) is 5.75 Å². The molecular weight excluding hydrogens is 246 g/mol. The highest BCUT2D eigenvalue weighted by molar-refractivity contribution is 5.98. The molecule has 0 heterocycles.